The number of ether oxygens (including phenoxy) is 1. The zero-order valence-corrected chi connectivity index (χ0v) is 15.7. The fraction of sp³-hybridized carbons (Fsp3) is 0.409. The molecule has 1 saturated heterocycles. The molecule has 1 N–H and O–H groups in total. The molecule has 0 radical (unpaired) electrons. The van der Waals surface area contributed by atoms with Gasteiger partial charge in [0.1, 0.15) is 5.75 Å². The van der Waals surface area contributed by atoms with Gasteiger partial charge in [0.05, 0.1) is 0 Å². The van der Waals surface area contributed by atoms with Crippen LogP contribution in [0.5, 0.6) is 5.75 Å². The average Bonchev–Trinajstić information content (AvgIpc) is 3.14. The van der Waals surface area contributed by atoms with Crippen LogP contribution in [0.2, 0.25) is 0 Å². The Labute approximate surface area is 156 Å². The number of carbonyl (C=O) groups is 1. The molecule has 1 aliphatic heterocycles. The predicted molar refractivity (Wildman–Crippen MR) is 106 cm³/mol. The summed E-state index contributed by atoms with van der Waals surface area (Å²) in [6.45, 7) is 6.07. The summed E-state index contributed by atoms with van der Waals surface area (Å²) in [6.07, 6.45) is 2.26. The van der Waals surface area contributed by atoms with E-state index >= 15 is 0 Å². The second-order valence-electron chi connectivity index (χ2n) is 7.14. The number of anilines is 1. The van der Waals surface area contributed by atoms with E-state index in [1.165, 1.54) is 11.3 Å². The van der Waals surface area contributed by atoms with E-state index in [9.17, 15) is 4.79 Å². The first kappa shape index (κ1) is 18.3. The average molecular weight is 352 g/mol. The number of nitrogens with zero attached hydrogens (tertiary/aromatic N) is 1. The Morgan fingerprint density at radius 1 is 1.15 bits per heavy atom. The van der Waals surface area contributed by atoms with Gasteiger partial charge in [0, 0.05) is 24.8 Å². The van der Waals surface area contributed by atoms with Crippen LogP contribution in [-0.2, 0) is 4.79 Å². The molecular formula is C22H28N2O2. The van der Waals surface area contributed by atoms with Crippen LogP contribution in [0.1, 0.15) is 38.2 Å². The molecule has 2 aromatic carbocycles. The van der Waals surface area contributed by atoms with Crippen LogP contribution in [0.4, 0.5) is 5.69 Å². The molecular weight excluding hydrogens is 324 g/mol. The molecule has 1 heterocycles. The summed E-state index contributed by atoms with van der Waals surface area (Å²) < 4.78 is 5.60. The van der Waals surface area contributed by atoms with E-state index in [1.807, 2.05) is 30.3 Å². The molecule has 4 heteroatoms. The maximum atomic E-state index is 12.1. The predicted octanol–water partition coefficient (Wildman–Crippen LogP) is 3.97. The fourth-order valence-electron chi connectivity index (χ4n) is 3.39. The van der Waals surface area contributed by atoms with Gasteiger partial charge in [-0.25, -0.2) is 0 Å². The molecule has 138 valence electrons. The lowest BCUT2D eigenvalue weighted by Crippen LogP contribution is -2.41. The zero-order valence-electron chi connectivity index (χ0n) is 15.7. The second kappa shape index (κ2) is 8.75. The number of carbonyl (C=O) groups excluding carboxylic acids is 1. The number of nitrogens with one attached hydrogen (secondary N) is 1. The van der Waals surface area contributed by atoms with Crippen molar-refractivity contribution in [2.75, 3.05) is 24.6 Å². The molecule has 0 saturated carbocycles. The molecule has 1 atom stereocenters. The molecule has 1 aliphatic rings. The Morgan fingerprint density at radius 2 is 1.88 bits per heavy atom. The van der Waals surface area contributed by atoms with Crippen molar-refractivity contribution in [3.63, 3.8) is 0 Å². The zero-order chi connectivity index (χ0) is 18.4. The normalized spacial score (nSPS) is 16.7. The summed E-state index contributed by atoms with van der Waals surface area (Å²) in [7, 11) is 0. The Balaban J connectivity index is 1.45. The summed E-state index contributed by atoms with van der Waals surface area (Å²) in [4.78, 5) is 14.5. The third-order valence-electron chi connectivity index (χ3n) is 4.92. The van der Waals surface area contributed by atoms with Gasteiger partial charge in [-0.15, -0.1) is 0 Å². The lowest BCUT2D eigenvalue weighted by molar-refractivity contribution is -0.123. The third kappa shape index (κ3) is 4.78. The van der Waals surface area contributed by atoms with Crippen molar-refractivity contribution in [3.05, 3.63) is 60.2 Å². The smallest absolute Gasteiger partial charge is 0.258 e. The first-order chi connectivity index (χ1) is 12.6. The highest BCUT2D eigenvalue weighted by molar-refractivity contribution is 5.77. The van der Waals surface area contributed by atoms with E-state index in [-0.39, 0.29) is 12.5 Å². The van der Waals surface area contributed by atoms with Gasteiger partial charge in [-0.2, -0.15) is 0 Å². The lowest BCUT2D eigenvalue weighted by Gasteiger charge is -2.27. The Kier molecular flexibility index (Phi) is 6.16. The SMILES string of the molecule is CC(C)c1ccc(OCC(=O)NC[C@@H]2CCCN2c2ccccc2)cc1. The molecule has 3 rings (SSSR count). The van der Waals surface area contributed by atoms with Crippen molar-refractivity contribution >= 4 is 11.6 Å². The van der Waals surface area contributed by atoms with Crippen LogP contribution in [0.15, 0.2) is 54.6 Å². The van der Waals surface area contributed by atoms with Crippen LogP contribution in [0, 0.1) is 0 Å². The number of hydrogen-bond acceptors (Lipinski definition) is 3. The summed E-state index contributed by atoms with van der Waals surface area (Å²) in [5.74, 6) is 1.15. The lowest BCUT2D eigenvalue weighted by atomic mass is 10.0. The number of hydrogen-bond donors (Lipinski definition) is 1. The van der Waals surface area contributed by atoms with Gasteiger partial charge in [-0.05, 0) is 48.6 Å². The molecule has 1 fully saturated rings. The van der Waals surface area contributed by atoms with E-state index in [4.69, 9.17) is 4.74 Å². The molecule has 2 aromatic rings. The highest BCUT2D eigenvalue weighted by atomic mass is 16.5. The van der Waals surface area contributed by atoms with E-state index in [2.05, 4.69) is 48.3 Å². The molecule has 1 amide bonds. The van der Waals surface area contributed by atoms with Gasteiger partial charge in [0.25, 0.3) is 5.91 Å². The van der Waals surface area contributed by atoms with Gasteiger partial charge >= 0.3 is 0 Å². The van der Waals surface area contributed by atoms with Crippen molar-refractivity contribution < 1.29 is 9.53 Å². The monoisotopic (exact) mass is 352 g/mol. The van der Waals surface area contributed by atoms with Crippen molar-refractivity contribution in [3.8, 4) is 5.75 Å². The number of benzene rings is 2. The van der Waals surface area contributed by atoms with Gasteiger partial charge < -0.3 is 15.0 Å². The molecule has 0 aliphatic carbocycles. The van der Waals surface area contributed by atoms with Gasteiger partial charge in [0.15, 0.2) is 6.61 Å². The summed E-state index contributed by atoms with van der Waals surface area (Å²) >= 11 is 0. The summed E-state index contributed by atoms with van der Waals surface area (Å²) in [5.41, 5.74) is 2.50. The van der Waals surface area contributed by atoms with Gasteiger partial charge in [-0.3, -0.25) is 4.79 Å². The molecule has 4 nitrogen and oxygen atoms in total. The minimum Gasteiger partial charge on any atom is -0.484 e. The summed E-state index contributed by atoms with van der Waals surface area (Å²) in [5, 5.41) is 3.02. The minimum absolute atomic E-state index is 0.0546. The first-order valence-corrected chi connectivity index (χ1v) is 9.44. The number of rotatable bonds is 7. The van der Waals surface area contributed by atoms with Crippen LogP contribution < -0.4 is 15.0 Å². The molecule has 26 heavy (non-hydrogen) atoms. The summed E-state index contributed by atoms with van der Waals surface area (Å²) in [6, 6.07) is 18.7. The van der Waals surface area contributed by atoms with Crippen LogP contribution in [-0.4, -0.2) is 31.6 Å². The number of para-hydroxylation sites is 1. The largest absolute Gasteiger partial charge is 0.484 e. The first-order valence-electron chi connectivity index (χ1n) is 9.44. The highest BCUT2D eigenvalue weighted by Gasteiger charge is 2.24. The quantitative estimate of drug-likeness (QED) is 0.820. The van der Waals surface area contributed by atoms with Crippen molar-refractivity contribution in [1.29, 1.82) is 0 Å². The molecule has 0 aromatic heterocycles. The highest BCUT2D eigenvalue weighted by Crippen LogP contribution is 2.24. The van der Waals surface area contributed by atoms with Gasteiger partial charge in [0.2, 0.25) is 0 Å². The Bertz CT molecular complexity index is 698. The van der Waals surface area contributed by atoms with Crippen molar-refractivity contribution in [2.45, 2.75) is 38.6 Å². The van der Waals surface area contributed by atoms with Crippen molar-refractivity contribution in [1.82, 2.24) is 5.32 Å². The molecule has 0 unspecified atom stereocenters. The van der Waals surface area contributed by atoms with Crippen molar-refractivity contribution in [2.24, 2.45) is 0 Å². The number of amides is 1. The van der Waals surface area contributed by atoms with Crippen LogP contribution in [0.25, 0.3) is 0 Å². The van der Waals surface area contributed by atoms with E-state index in [1.54, 1.807) is 0 Å². The maximum Gasteiger partial charge on any atom is 0.258 e. The fourth-order valence-corrected chi connectivity index (χ4v) is 3.39. The van der Waals surface area contributed by atoms with E-state index < -0.39 is 0 Å². The van der Waals surface area contributed by atoms with Crippen LogP contribution in [0.3, 0.4) is 0 Å². The molecule has 0 spiro atoms. The second-order valence-corrected chi connectivity index (χ2v) is 7.14. The maximum absolute atomic E-state index is 12.1. The van der Waals surface area contributed by atoms with E-state index in [0.29, 0.717) is 18.5 Å². The van der Waals surface area contributed by atoms with Crippen LogP contribution >= 0.6 is 0 Å². The standard InChI is InChI=1S/C22H28N2O2/c1-17(2)18-10-12-21(13-11-18)26-16-22(25)23-15-20-9-6-14-24(20)19-7-4-3-5-8-19/h3-5,7-8,10-13,17,20H,6,9,14-16H2,1-2H3,(H,23,25)/t20-/m0/s1. The minimum atomic E-state index is -0.0714. The topological polar surface area (TPSA) is 41.6 Å². The Hall–Kier alpha value is -2.49. The van der Waals surface area contributed by atoms with E-state index in [0.717, 1.165) is 25.1 Å². The molecule has 0 bridgehead atoms. The third-order valence-corrected chi connectivity index (χ3v) is 4.92. The van der Waals surface area contributed by atoms with Gasteiger partial charge in [-0.1, -0.05) is 44.2 Å². The Morgan fingerprint density at radius 3 is 2.58 bits per heavy atom.